The summed E-state index contributed by atoms with van der Waals surface area (Å²) in [6, 6.07) is 6.41. The molecular weight excluding hydrogens is 212 g/mol. The average molecular weight is 232 g/mol. The number of benzene rings is 1. The molecule has 0 amide bonds. The fraction of sp³-hybridized carbons (Fsp3) is 0.600. The Morgan fingerprint density at radius 3 is 2.88 bits per heavy atom. The van der Waals surface area contributed by atoms with Crippen LogP contribution in [0.1, 0.15) is 44.2 Å². The maximum absolute atomic E-state index is 6.38. The molecule has 0 aliphatic carbocycles. The fourth-order valence-electron chi connectivity index (χ4n) is 3.44. The van der Waals surface area contributed by atoms with E-state index >= 15 is 0 Å². The van der Waals surface area contributed by atoms with Crippen LogP contribution in [0.3, 0.4) is 0 Å². The predicted molar refractivity (Wildman–Crippen MR) is 67.4 cm³/mol. The van der Waals surface area contributed by atoms with Crippen LogP contribution in [0.2, 0.25) is 0 Å². The zero-order valence-electron chi connectivity index (χ0n) is 10.9. The van der Waals surface area contributed by atoms with Gasteiger partial charge in [0.2, 0.25) is 0 Å². The molecule has 1 fully saturated rings. The first-order valence-electron chi connectivity index (χ1n) is 6.48. The van der Waals surface area contributed by atoms with Gasteiger partial charge in [-0.2, -0.15) is 0 Å². The van der Waals surface area contributed by atoms with Gasteiger partial charge in [-0.3, -0.25) is 0 Å². The quantitative estimate of drug-likeness (QED) is 0.777. The Morgan fingerprint density at radius 1 is 1.35 bits per heavy atom. The van der Waals surface area contributed by atoms with E-state index in [1.54, 1.807) is 7.11 Å². The largest absolute Gasteiger partial charge is 0.497 e. The summed E-state index contributed by atoms with van der Waals surface area (Å²) in [5.41, 5.74) is 2.78. The van der Waals surface area contributed by atoms with Crippen molar-refractivity contribution in [2.45, 2.75) is 50.7 Å². The van der Waals surface area contributed by atoms with Gasteiger partial charge in [0.15, 0.2) is 0 Å². The lowest BCUT2D eigenvalue weighted by Crippen LogP contribution is -2.39. The lowest BCUT2D eigenvalue weighted by atomic mass is 9.85. The van der Waals surface area contributed by atoms with Gasteiger partial charge in [-0.25, -0.2) is 0 Å². The van der Waals surface area contributed by atoms with Gasteiger partial charge >= 0.3 is 0 Å². The van der Waals surface area contributed by atoms with Crippen molar-refractivity contribution in [2.24, 2.45) is 0 Å². The standard InChI is InChI=1S/C15H20O2/c1-4-15-8-7-14(2,17-15)13-6-5-12(16-3)9-11(13)10-15/h5-6,9H,4,7-8,10H2,1-3H3/t14-,15+/m0/s1. The maximum atomic E-state index is 6.38. The van der Waals surface area contributed by atoms with Crippen molar-refractivity contribution in [3.05, 3.63) is 29.3 Å². The Labute approximate surface area is 103 Å². The van der Waals surface area contributed by atoms with E-state index in [-0.39, 0.29) is 11.2 Å². The molecule has 1 aromatic rings. The van der Waals surface area contributed by atoms with Crippen molar-refractivity contribution in [1.29, 1.82) is 0 Å². The smallest absolute Gasteiger partial charge is 0.119 e. The Bertz CT molecular complexity index is 454. The van der Waals surface area contributed by atoms with Crippen LogP contribution >= 0.6 is 0 Å². The van der Waals surface area contributed by atoms with E-state index in [1.807, 2.05) is 6.07 Å². The Hall–Kier alpha value is -1.02. The molecule has 2 aliphatic rings. The minimum atomic E-state index is -0.0735. The van der Waals surface area contributed by atoms with Crippen molar-refractivity contribution >= 4 is 0 Å². The monoisotopic (exact) mass is 232 g/mol. The number of rotatable bonds is 2. The Kier molecular flexibility index (Phi) is 2.27. The second kappa shape index (κ2) is 3.49. The molecule has 3 rings (SSSR count). The van der Waals surface area contributed by atoms with Gasteiger partial charge in [0.25, 0.3) is 0 Å². The molecule has 2 nitrogen and oxygen atoms in total. The number of methoxy groups -OCH3 is 1. The van der Waals surface area contributed by atoms with Gasteiger partial charge < -0.3 is 9.47 Å². The summed E-state index contributed by atoms with van der Waals surface area (Å²) in [7, 11) is 1.73. The summed E-state index contributed by atoms with van der Waals surface area (Å²) < 4.78 is 11.7. The molecule has 17 heavy (non-hydrogen) atoms. The zero-order chi connectivity index (χ0) is 12.1. The van der Waals surface area contributed by atoms with Crippen molar-refractivity contribution in [3.8, 4) is 5.75 Å². The molecule has 2 bridgehead atoms. The molecule has 2 heteroatoms. The normalized spacial score (nSPS) is 34.5. The van der Waals surface area contributed by atoms with E-state index in [2.05, 4.69) is 26.0 Å². The van der Waals surface area contributed by atoms with Crippen LogP contribution in [-0.2, 0) is 16.8 Å². The van der Waals surface area contributed by atoms with Crippen LogP contribution in [0.25, 0.3) is 0 Å². The second-order valence-corrected chi connectivity index (χ2v) is 5.57. The first-order chi connectivity index (χ1) is 8.11. The van der Waals surface area contributed by atoms with E-state index in [0.717, 1.165) is 25.0 Å². The van der Waals surface area contributed by atoms with E-state index in [0.29, 0.717) is 0 Å². The molecule has 2 atom stereocenters. The summed E-state index contributed by atoms with van der Waals surface area (Å²) in [4.78, 5) is 0. The van der Waals surface area contributed by atoms with Crippen LogP contribution < -0.4 is 4.74 Å². The summed E-state index contributed by atoms with van der Waals surface area (Å²) in [5.74, 6) is 0.958. The molecule has 0 aromatic heterocycles. The van der Waals surface area contributed by atoms with E-state index in [1.165, 1.54) is 17.5 Å². The van der Waals surface area contributed by atoms with E-state index in [4.69, 9.17) is 9.47 Å². The molecule has 1 aromatic carbocycles. The fourth-order valence-corrected chi connectivity index (χ4v) is 3.44. The third-order valence-corrected chi connectivity index (χ3v) is 4.54. The number of hydrogen-bond acceptors (Lipinski definition) is 2. The molecule has 1 saturated heterocycles. The van der Waals surface area contributed by atoms with Crippen LogP contribution in [0.5, 0.6) is 5.75 Å². The highest BCUT2D eigenvalue weighted by Gasteiger charge is 2.51. The first-order valence-corrected chi connectivity index (χ1v) is 6.48. The van der Waals surface area contributed by atoms with Crippen LogP contribution in [0.15, 0.2) is 18.2 Å². The lowest BCUT2D eigenvalue weighted by Gasteiger charge is -2.39. The topological polar surface area (TPSA) is 18.5 Å². The third-order valence-electron chi connectivity index (χ3n) is 4.54. The maximum Gasteiger partial charge on any atom is 0.119 e. The Morgan fingerprint density at radius 2 is 2.18 bits per heavy atom. The number of fused-ring (bicyclic) bond motifs is 4. The number of hydrogen-bond donors (Lipinski definition) is 0. The lowest BCUT2D eigenvalue weighted by molar-refractivity contribution is -0.112. The van der Waals surface area contributed by atoms with Crippen molar-refractivity contribution in [3.63, 3.8) is 0 Å². The highest BCUT2D eigenvalue weighted by Crippen LogP contribution is 2.52. The minimum Gasteiger partial charge on any atom is -0.497 e. The average Bonchev–Trinajstić information content (AvgIpc) is 2.63. The molecule has 0 radical (unpaired) electrons. The minimum absolute atomic E-state index is 0.0735. The predicted octanol–water partition coefficient (Wildman–Crippen LogP) is 3.43. The molecule has 2 heterocycles. The van der Waals surface area contributed by atoms with Crippen LogP contribution in [0, 0.1) is 0 Å². The van der Waals surface area contributed by atoms with Gasteiger partial charge in [-0.05, 0) is 49.4 Å². The van der Waals surface area contributed by atoms with Crippen LogP contribution in [0.4, 0.5) is 0 Å². The van der Waals surface area contributed by atoms with Crippen molar-refractivity contribution < 1.29 is 9.47 Å². The summed E-state index contributed by atoms with van der Waals surface area (Å²) >= 11 is 0. The first kappa shape index (κ1) is 11.1. The van der Waals surface area contributed by atoms with Gasteiger partial charge in [-0.15, -0.1) is 0 Å². The zero-order valence-corrected chi connectivity index (χ0v) is 10.9. The van der Waals surface area contributed by atoms with Gasteiger partial charge in [0, 0.05) is 6.42 Å². The van der Waals surface area contributed by atoms with Crippen molar-refractivity contribution in [2.75, 3.05) is 7.11 Å². The van der Waals surface area contributed by atoms with E-state index < -0.39 is 0 Å². The summed E-state index contributed by atoms with van der Waals surface area (Å²) in [6.07, 6.45) is 4.45. The molecule has 0 saturated carbocycles. The van der Waals surface area contributed by atoms with Gasteiger partial charge in [-0.1, -0.05) is 13.0 Å². The third kappa shape index (κ3) is 1.50. The van der Waals surface area contributed by atoms with Crippen LogP contribution in [-0.4, -0.2) is 12.7 Å². The van der Waals surface area contributed by atoms with Gasteiger partial charge in [0.1, 0.15) is 5.75 Å². The summed E-state index contributed by atoms with van der Waals surface area (Å²) in [5, 5.41) is 0. The number of ether oxygens (including phenoxy) is 2. The molecule has 2 aliphatic heterocycles. The van der Waals surface area contributed by atoms with E-state index in [9.17, 15) is 0 Å². The van der Waals surface area contributed by atoms with Gasteiger partial charge in [0.05, 0.1) is 18.3 Å². The highest BCUT2D eigenvalue weighted by molar-refractivity contribution is 5.42. The second-order valence-electron chi connectivity index (χ2n) is 5.57. The highest BCUT2D eigenvalue weighted by atomic mass is 16.5. The molecule has 0 unspecified atom stereocenters. The molecular formula is C15H20O2. The van der Waals surface area contributed by atoms with Crippen molar-refractivity contribution in [1.82, 2.24) is 0 Å². The summed E-state index contributed by atoms with van der Waals surface area (Å²) in [6.45, 7) is 4.46. The molecule has 0 spiro atoms. The Balaban J connectivity index is 2.11. The SMILES string of the molecule is CC[C@]12CC[C@](C)(O1)c1ccc(OC)cc1C2. The molecule has 92 valence electrons. The molecule has 0 N–H and O–H groups in total.